The summed E-state index contributed by atoms with van der Waals surface area (Å²) in [5.41, 5.74) is -0.579. The standard InChI is InChI=1S/C36H51N3O8/c1-6-10-17-28(41)37-26(23-45-5)31(24-15-13-12-14-16-24)46-35(44)29-27-18-19-36(47-27)30(29)33(42)39(25(9-4)22-40)32(36)34(43)38(20-8-3)21-11-7-2/h6,8,12-16,25-27,29-32,40H,1,3,7,9-11,17-23H2,2,4-5H3,(H,37,41)/t25-,26-,27+,29-,30-,31-,32+,36-/m0/s1. The number of allylic oxidation sites excluding steroid dienone is 1. The number of amides is 3. The zero-order valence-electron chi connectivity index (χ0n) is 28.0. The van der Waals surface area contributed by atoms with Crippen molar-refractivity contribution in [3.63, 3.8) is 0 Å². The van der Waals surface area contributed by atoms with Crippen molar-refractivity contribution in [1.82, 2.24) is 15.1 Å². The van der Waals surface area contributed by atoms with E-state index in [1.807, 2.05) is 44.2 Å². The Morgan fingerprint density at radius 1 is 1.21 bits per heavy atom. The fourth-order valence-electron chi connectivity index (χ4n) is 7.54. The molecule has 0 aromatic heterocycles. The van der Waals surface area contributed by atoms with Gasteiger partial charge in [-0.25, -0.2) is 0 Å². The molecular formula is C36H51N3O8. The zero-order valence-corrected chi connectivity index (χ0v) is 28.0. The first-order valence-electron chi connectivity index (χ1n) is 16.9. The smallest absolute Gasteiger partial charge is 0.313 e. The molecule has 0 radical (unpaired) electrons. The van der Waals surface area contributed by atoms with Gasteiger partial charge >= 0.3 is 5.97 Å². The van der Waals surface area contributed by atoms with Crippen molar-refractivity contribution in [2.75, 3.05) is 33.4 Å². The van der Waals surface area contributed by atoms with Crippen LogP contribution in [0.1, 0.15) is 70.5 Å². The monoisotopic (exact) mass is 653 g/mol. The van der Waals surface area contributed by atoms with E-state index in [2.05, 4.69) is 18.5 Å². The lowest BCUT2D eigenvalue weighted by Crippen LogP contribution is -2.58. The molecule has 1 aromatic carbocycles. The fourth-order valence-corrected chi connectivity index (χ4v) is 7.54. The van der Waals surface area contributed by atoms with Gasteiger partial charge in [-0.15, -0.1) is 13.2 Å². The van der Waals surface area contributed by atoms with Crippen LogP contribution >= 0.6 is 0 Å². The van der Waals surface area contributed by atoms with Gasteiger partial charge in [-0.05, 0) is 37.7 Å². The van der Waals surface area contributed by atoms with Gasteiger partial charge in [0.05, 0.1) is 43.2 Å². The van der Waals surface area contributed by atoms with Crippen LogP contribution in [0.5, 0.6) is 0 Å². The molecule has 2 N–H and O–H groups in total. The van der Waals surface area contributed by atoms with Crippen LogP contribution in [0.4, 0.5) is 0 Å². The van der Waals surface area contributed by atoms with Gasteiger partial charge in [0.15, 0.2) is 0 Å². The molecule has 47 heavy (non-hydrogen) atoms. The lowest BCUT2D eigenvalue weighted by molar-refractivity contribution is -0.163. The molecule has 1 spiro atoms. The summed E-state index contributed by atoms with van der Waals surface area (Å²) in [5.74, 6) is -3.45. The van der Waals surface area contributed by atoms with Crippen LogP contribution in [0.2, 0.25) is 0 Å². The highest BCUT2D eigenvalue weighted by atomic mass is 16.6. The van der Waals surface area contributed by atoms with Crippen LogP contribution in [0, 0.1) is 11.8 Å². The van der Waals surface area contributed by atoms with Gasteiger partial charge in [-0.1, -0.05) is 62.8 Å². The third kappa shape index (κ3) is 7.32. The number of carbonyl (C=O) groups is 4. The van der Waals surface area contributed by atoms with Crippen LogP contribution in [0.25, 0.3) is 0 Å². The van der Waals surface area contributed by atoms with Crippen molar-refractivity contribution >= 4 is 23.7 Å². The first kappa shape index (κ1) is 36.3. The number of ether oxygens (including phenoxy) is 3. The highest BCUT2D eigenvalue weighted by Gasteiger charge is 2.75. The average Bonchev–Trinajstić information content (AvgIpc) is 3.72. The second-order valence-corrected chi connectivity index (χ2v) is 12.7. The number of likely N-dealkylation sites (tertiary alicyclic amines) is 1. The third-order valence-corrected chi connectivity index (χ3v) is 9.77. The quantitative estimate of drug-likeness (QED) is 0.172. The molecule has 3 heterocycles. The van der Waals surface area contributed by atoms with Crippen LogP contribution in [-0.4, -0.2) is 102 Å². The second-order valence-electron chi connectivity index (χ2n) is 12.7. The van der Waals surface area contributed by atoms with E-state index in [1.54, 1.807) is 17.1 Å². The molecule has 0 aliphatic carbocycles. The minimum Gasteiger partial charge on any atom is -0.455 e. The maximum atomic E-state index is 14.4. The largest absolute Gasteiger partial charge is 0.455 e. The zero-order chi connectivity index (χ0) is 34.1. The molecular weight excluding hydrogens is 602 g/mol. The van der Waals surface area contributed by atoms with E-state index >= 15 is 0 Å². The van der Waals surface area contributed by atoms with E-state index in [0.29, 0.717) is 44.3 Å². The Morgan fingerprint density at radius 2 is 1.96 bits per heavy atom. The van der Waals surface area contributed by atoms with Crippen molar-refractivity contribution < 1.29 is 38.5 Å². The summed E-state index contributed by atoms with van der Waals surface area (Å²) < 4.78 is 18.3. The van der Waals surface area contributed by atoms with Crippen LogP contribution < -0.4 is 5.32 Å². The molecule has 2 bridgehead atoms. The van der Waals surface area contributed by atoms with Gasteiger partial charge in [-0.3, -0.25) is 19.2 Å². The van der Waals surface area contributed by atoms with Gasteiger partial charge in [0.1, 0.15) is 17.7 Å². The molecule has 3 fully saturated rings. The number of esters is 1. The minimum absolute atomic E-state index is 0.0689. The van der Waals surface area contributed by atoms with E-state index in [-0.39, 0.29) is 37.4 Å². The van der Waals surface area contributed by atoms with Crippen molar-refractivity contribution in [1.29, 1.82) is 0 Å². The van der Waals surface area contributed by atoms with E-state index in [4.69, 9.17) is 14.2 Å². The minimum atomic E-state index is -1.23. The summed E-state index contributed by atoms with van der Waals surface area (Å²) in [7, 11) is 1.50. The van der Waals surface area contributed by atoms with Crippen molar-refractivity contribution in [3.8, 4) is 0 Å². The summed E-state index contributed by atoms with van der Waals surface area (Å²) >= 11 is 0. The molecule has 0 unspecified atom stereocenters. The van der Waals surface area contributed by atoms with Crippen LogP contribution in [0.3, 0.4) is 0 Å². The van der Waals surface area contributed by atoms with Gasteiger partial charge in [-0.2, -0.15) is 0 Å². The number of rotatable bonds is 19. The Bertz CT molecular complexity index is 1270. The molecule has 0 saturated carbocycles. The number of hydrogen-bond acceptors (Lipinski definition) is 8. The molecule has 3 saturated heterocycles. The van der Waals surface area contributed by atoms with Crippen molar-refractivity contribution in [2.24, 2.45) is 11.8 Å². The number of carbonyl (C=O) groups excluding carboxylic acids is 4. The molecule has 11 heteroatoms. The highest BCUT2D eigenvalue weighted by molar-refractivity contribution is 5.98. The number of hydrogen-bond donors (Lipinski definition) is 2. The Balaban J connectivity index is 1.70. The molecule has 3 amide bonds. The summed E-state index contributed by atoms with van der Waals surface area (Å²) in [6, 6.07) is 6.76. The second kappa shape index (κ2) is 16.5. The van der Waals surface area contributed by atoms with Gasteiger partial charge in [0.2, 0.25) is 17.7 Å². The summed E-state index contributed by atoms with van der Waals surface area (Å²) in [4.78, 5) is 59.1. The predicted molar refractivity (Wildman–Crippen MR) is 176 cm³/mol. The molecule has 258 valence electrons. The maximum absolute atomic E-state index is 14.4. The van der Waals surface area contributed by atoms with E-state index in [1.165, 1.54) is 12.0 Å². The Hall–Kier alpha value is -3.54. The number of aliphatic hydroxyl groups is 1. The number of nitrogens with one attached hydrogen (secondary N) is 1. The van der Waals surface area contributed by atoms with Gasteiger partial charge in [0.25, 0.3) is 0 Å². The summed E-state index contributed by atoms with van der Waals surface area (Å²) in [6.45, 7) is 11.9. The van der Waals surface area contributed by atoms with Gasteiger partial charge < -0.3 is 34.4 Å². The molecule has 3 aliphatic rings. The van der Waals surface area contributed by atoms with E-state index in [0.717, 1.165) is 12.8 Å². The molecule has 11 nitrogen and oxygen atoms in total. The van der Waals surface area contributed by atoms with Crippen molar-refractivity contribution in [3.05, 3.63) is 61.2 Å². The normalized spacial score (nSPS) is 26.3. The fraction of sp³-hybridized carbons (Fsp3) is 0.611. The SMILES string of the molecule is C=CCCC(=O)N[C@@H](COC)[C@@H](OC(=O)[C@@H]1[C@H]2C(=O)N([C@@H](CC)CO)[C@H](C(=O)N(CC=C)CCCC)[C@]23CC[C@H]1O3)c1ccccc1. The Kier molecular flexibility index (Phi) is 12.8. The number of nitrogens with zero attached hydrogens (tertiary/aromatic N) is 2. The molecule has 8 atom stereocenters. The third-order valence-electron chi connectivity index (χ3n) is 9.77. The first-order valence-corrected chi connectivity index (χ1v) is 16.9. The van der Waals surface area contributed by atoms with Crippen molar-refractivity contribution in [2.45, 2.75) is 94.7 Å². The average molecular weight is 654 g/mol. The summed E-state index contributed by atoms with van der Waals surface area (Å²) in [6.07, 6.45) is 5.46. The lowest BCUT2D eigenvalue weighted by atomic mass is 9.70. The van der Waals surface area contributed by atoms with E-state index in [9.17, 15) is 24.3 Å². The van der Waals surface area contributed by atoms with Crippen LogP contribution in [-0.2, 0) is 33.4 Å². The van der Waals surface area contributed by atoms with Gasteiger partial charge in [0, 0.05) is 26.6 Å². The Morgan fingerprint density at radius 3 is 2.57 bits per heavy atom. The number of unbranched alkanes of at least 4 members (excludes halogenated alkanes) is 1. The maximum Gasteiger partial charge on any atom is 0.313 e. The molecule has 4 rings (SSSR count). The number of fused-ring (bicyclic) bond motifs is 1. The van der Waals surface area contributed by atoms with E-state index < -0.39 is 53.7 Å². The topological polar surface area (TPSA) is 135 Å². The summed E-state index contributed by atoms with van der Waals surface area (Å²) in [5, 5.41) is 13.3. The first-order chi connectivity index (χ1) is 22.7. The number of aliphatic hydroxyl groups excluding tert-OH is 1. The highest BCUT2D eigenvalue weighted by Crippen LogP contribution is 2.59. The number of methoxy groups -OCH3 is 1. The number of benzene rings is 1. The van der Waals surface area contributed by atoms with Crippen LogP contribution in [0.15, 0.2) is 55.6 Å². The Labute approximate surface area is 278 Å². The molecule has 3 aliphatic heterocycles. The predicted octanol–water partition coefficient (Wildman–Crippen LogP) is 3.33. The lowest BCUT2D eigenvalue weighted by Gasteiger charge is -2.39. The molecule has 1 aromatic rings.